The summed E-state index contributed by atoms with van der Waals surface area (Å²) in [5, 5.41) is 16.5. The topological polar surface area (TPSA) is 84.2 Å². The van der Waals surface area contributed by atoms with Crippen molar-refractivity contribution < 1.29 is 14.7 Å². The first-order valence-corrected chi connectivity index (χ1v) is 7.76. The van der Waals surface area contributed by atoms with Crippen molar-refractivity contribution in [3.05, 3.63) is 47.2 Å². The monoisotopic (exact) mass is 333 g/mol. The summed E-state index contributed by atoms with van der Waals surface area (Å²) in [5.74, 6) is -1.10. The Morgan fingerprint density at radius 1 is 1.39 bits per heavy atom. The van der Waals surface area contributed by atoms with Crippen LogP contribution in [-0.2, 0) is 4.79 Å². The first-order valence-electron chi connectivity index (χ1n) is 7.38. The summed E-state index contributed by atoms with van der Waals surface area (Å²) in [7, 11) is 0. The highest BCUT2D eigenvalue weighted by Crippen LogP contribution is 2.33. The van der Waals surface area contributed by atoms with Crippen LogP contribution >= 0.6 is 11.6 Å². The van der Waals surface area contributed by atoms with E-state index < -0.39 is 17.9 Å². The zero-order valence-electron chi connectivity index (χ0n) is 12.3. The van der Waals surface area contributed by atoms with Crippen LogP contribution in [0, 0.1) is 5.92 Å². The van der Waals surface area contributed by atoms with Crippen molar-refractivity contribution >= 4 is 23.5 Å². The molecule has 1 amide bonds. The van der Waals surface area contributed by atoms with Gasteiger partial charge in [0.25, 0.3) is 5.91 Å². The van der Waals surface area contributed by atoms with Crippen LogP contribution in [-0.4, -0.2) is 32.8 Å². The number of aliphatic carboxylic acids is 1. The molecule has 0 spiro atoms. The molecule has 6 nitrogen and oxygen atoms in total. The number of benzene rings is 1. The molecule has 0 radical (unpaired) electrons. The maximum absolute atomic E-state index is 12.2. The molecule has 1 fully saturated rings. The van der Waals surface area contributed by atoms with E-state index in [0.717, 1.165) is 18.5 Å². The van der Waals surface area contributed by atoms with Gasteiger partial charge in [-0.1, -0.05) is 30.5 Å². The van der Waals surface area contributed by atoms with E-state index in [2.05, 4.69) is 10.4 Å². The Hall–Kier alpha value is -2.34. The number of carbonyl (C=O) groups excluding carboxylic acids is 1. The largest absolute Gasteiger partial charge is 0.480 e. The van der Waals surface area contributed by atoms with Crippen molar-refractivity contribution in [1.29, 1.82) is 0 Å². The number of aromatic nitrogens is 2. The predicted molar refractivity (Wildman–Crippen MR) is 84.8 cm³/mol. The molecule has 23 heavy (non-hydrogen) atoms. The number of halogens is 1. The van der Waals surface area contributed by atoms with E-state index >= 15 is 0 Å². The lowest BCUT2D eigenvalue weighted by molar-refractivity contribution is -0.139. The lowest BCUT2D eigenvalue weighted by Gasteiger charge is -2.12. The number of nitrogens with one attached hydrogen (secondary N) is 1. The lowest BCUT2D eigenvalue weighted by Crippen LogP contribution is -2.41. The molecule has 0 bridgehead atoms. The molecule has 0 saturated heterocycles. The molecule has 1 atom stereocenters. The van der Waals surface area contributed by atoms with Gasteiger partial charge in [-0.05, 0) is 36.6 Å². The molecule has 2 aromatic rings. The lowest BCUT2D eigenvalue weighted by atomic mass is 10.1. The number of carbonyl (C=O) groups is 2. The second-order valence-electron chi connectivity index (χ2n) is 5.67. The highest BCUT2D eigenvalue weighted by molar-refractivity contribution is 6.30. The molecule has 120 valence electrons. The summed E-state index contributed by atoms with van der Waals surface area (Å²) < 4.78 is 1.53. The van der Waals surface area contributed by atoms with E-state index in [9.17, 15) is 14.7 Å². The number of nitrogens with zero attached hydrogens (tertiary/aromatic N) is 2. The molecule has 1 aromatic carbocycles. The Bertz CT molecular complexity index is 740. The second kappa shape index (κ2) is 6.42. The van der Waals surface area contributed by atoms with Crippen molar-refractivity contribution in [2.24, 2.45) is 5.92 Å². The highest BCUT2D eigenvalue weighted by atomic mass is 35.5. The molecular formula is C16H16ClN3O3. The molecule has 1 saturated carbocycles. The molecule has 2 N–H and O–H groups in total. The zero-order valence-corrected chi connectivity index (χ0v) is 13.0. The summed E-state index contributed by atoms with van der Waals surface area (Å²) in [6, 6.07) is 7.75. The maximum Gasteiger partial charge on any atom is 0.326 e. The SMILES string of the molecule is O=C(NC(CC1CC1)C(=O)O)c1ccn(-c2cccc(Cl)c2)n1. The van der Waals surface area contributed by atoms with Crippen molar-refractivity contribution in [3.8, 4) is 5.69 Å². The maximum atomic E-state index is 12.2. The summed E-state index contributed by atoms with van der Waals surface area (Å²) in [5.41, 5.74) is 0.899. The molecule has 1 unspecified atom stereocenters. The van der Waals surface area contributed by atoms with Gasteiger partial charge in [0.05, 0.1) is 5.69 Å². The van der Waals surface area contributed by atoms with Gasteiger partial charge in [0.1, 0.15) is 6.04 Å². The minimum Gasteiger partial charge on any atom is -0.480 e. The van der Waals surface area contributed by atoms with Crippen molar-refractivity contribution in [3.63, 3.8) is 0 Å². The smallest absolute Gasteiger partial charge is 0.326 e. The standard InChI is InChI=1S/C16H16ClN3O3/c17-11-2-1-3-12(9-11)20-7-6-13(19-20)15(21)18-14(16(22)23)8-10-4-5-10/h1-3,6-7,9-10,14H,4-5,8H2,(H,18,21)(H,22,23). The Labute approximate surface area is 138 Å². The number of rotatable bonds is 6. The summed E-state index contributed by atoms with van der Waals surface area (Å²) in [6.45, 7) is 0. The van der Waals surface area contributed by atoms with Gasteiger partial charge in [0.15, 0.2) is 5.69 Å². The van der Waals surface area contributed by atoms with Crippen molar-refractivity contribution in [2.45, 2.75) is 25.3 Å². The minimum atomic E-state index is -1.01. The van der Waals surface area contributed by atoms with Crippen molar-refractivity contribution in [2.75, 3.05) is 0 Å². The van der Waals surface area contributed by atoms with Gasteiger partial charge in [0.2, 0.25) is 0 Å². The van der Waals surface area contributed by atoms with E-state index in [4.69, 9.17) is 11.6 Å². The van der Waals surface area contributed by atoms with Gasteiger partial charge in [-0.25, -0.2) is 9.48 Å². The average Bonchev–Trinajstić information content (AvgIpc) is 3.19. The molecule has 1 aromatic heterocycles. The Kier molecular flexibility index (Phi) is 4.34. The number of amides is 1. The predicted octanol–water partition coefficient (Wildman–Crippen LogP) is 2.51. The number of hydrogen-bond donors (Lipinski definition) is 2. The summed E-state index contributed by atoms with van der Waals surface area (Å²) in [4.78, 5) is 23.4. The molecule has 1 aliphatic rings. The van der Waals surface area contributed by atoms with E-state index in [1.807, 2.05) is 6.07 Å². The first-order chi connectivity index (χ1) is 11.0. The van der Waals surface area contributed by atoms with Crippen LogP contribution in [0.4, 0.5) is 0 Å². The zero-order chi connectivity index (χ0) is 16.4. The fourth-order valence-electron chi connectivity index (χ4n) is 2.35. The normalized spacial score (nSPS) is 15.2. The molecule has 1 aliphatic carbocycles. The number of carboxylic acid groups (broad SMARTS) is 1. The number of hydrogen-bond acceptors (Lipinski definition) is 3. The van der Waals surface area contributed by atoms with E-state index in [1.54, 1.807) is 30.5 Å². The van der Waals surface area contributed by atoms with Gasteiger partial charge < -0.3 is 10.4 Å². The van der Waals surface area contributed by atoms with E-state index in [1.165, 1.54) is 4.68 Å². The van der Waals surface area contributed by atoms with Crippen LogP contribution in [0.1, 0.15) is 29.8 Å². The van der Waals surface area contributed by atoms with E-state index in [-0.39, 0.29) is 5.69 Å². The van der Waals surface area contributed by atoms with Gasteiger partial charge in [-0.15, -0.1) is 0 Å². The fourth-order valence-corrected chi connectivity index (χ4v) is 2.53. The Morgan fingerprint density at radius 2 is 2.17 bits per heavy atom. The van der Waals surface area contributed by atoms with Crippen molar-refractivity contribution in [1.82, 2.24) is 15.1 Å². The molecule has 0 aliphatic heterocycles. The van der Waals surface area contributed by atoms with E-state index in [0.29, 0.717) is 17.4 Å². The van der Waals surface area contributed by atoms with Crippen LogP contribution in [0.5, 0.6) is 0 Å². The fraction of sp³-hybridized carbons (Fsp3) is 0.312. The number of carboxylic acids is 1. The van der Waals surface area contributed by atoms with Crippen LogP contribution in [0.2, 0.25) is 5.02 Å². The molecular weight excluding hydrogens is 318 g/mol. The highest BCUT2D eigenvalue weighted by Gasteiger charge is 2.30. The molecule has 7 heteroatoms. The quantitative estimate of drug-likeness (QED) is 0.850. The van der Waals surface area contributed by atoms with Crippen LogP contribution in [0.25, 0.3) is 5.69 Å². The second-order valence-corrected chi connectivity index (χ2v) is 6.11. The Balaban J connectivity index is 1.71. The third-order valence-corrected chi connectivity index (χ3v) is 4.00. The van der Waals surface area contributed by atoms with Crippen LogP contribution in [0.15, 0.2) is 36.5 Å². The molecule has 1 heterocycles. The summed E-state index contributed by atoms with van der Waals surface area (Å²) >= 11 is 5.94. The Morgan fingerprint density at radius 3 is 2.83 bits per heavy atom. The molecule has 3 rings (SSSR count). The van der Waals surface area contributed by atoms with Crippen LogP contribution in [0.3, 0.4) is 0 Å². The van der Waals surface area contributed by atoms with Crippen LogP contribution < -0.4 is 5.32 Å². The van der Waals surface area contributed by atoms with Gasteiger partial charge in [0, 0.05) is 11.2 Å². The third-order valence-electron chi connectivity index (χ3n) is 3.76. The first kappa shape index (κ1) is 15.6. The minimum absolute atomic E-state index is 0.173. The average molecular weight is 334 g/mol. The summed E-state index contributed by atoms with van der Waals surface area (Å²) in [6.07, 6.45) is 4.17. The van der Waals surface area contributed by atoms with Gasteiger partial charge in [-0.3, -0.25) is 4.79 Å². The van der Waals surface area contributed by atoms with Gasteiger partial charge >= 0.3 is 5.97 Å². The third kappa shape index (κ3) is 3.90. The van der Waals surface area contributed by atoms with Gasteiger partial charge in [-0.2, -0.15) is 5.10 Å².